The highest BCUT2D eigenvalue weighted by Crippen LogP contribution is 2.27. The Morgan fingerprint density at radius 2 is 1.96 bits per heavy atom. The van der Waals surface area contributed by atoms with E-state index in [4.69, 9.17) is 0 Å². The molecule has 5 nitrogen and oxygen atoms in total. The molecule has 128 valence electrons. The Morgan fingerprint density at radius 3 is 2.58 bits per heavy atom. The normalized spacial score (nSPS) is 16.4. The van der Waals surface area contributed by atoms with Gasteiger partial charge >= 0.3 is 0 Å². The summed E-state index contributed by atoms with van der Waals surface area (Å²) in [6.07, 6.45) is 2.67. The van der Waals surface area contributed by atoms with Crippen molar-refractivity contribution < 1.29 is 9.90 Å². The monoisotopic (exact) mass is 327 g/mol. The van der Waals surface area contributed by atoms with E-state index in [2.05, 4.69) is 10.2 Å². The molecule has 0 radical (unpaired) electrons. The Balaban J connectivity index is 1.61. The molecule has 0 spiro atoms. The maximum atomic E-state index is 12.6. The van der Waals surface area contributed by atoms with Gasteiger partial charge in [-0.2, -0.15) is 5.10 Å². The van der Waals surface area contributed by atoms with E-state index in [1.165, 1.54) is 0 Å². The molecule has 0 unspecified atom stereocenters. The molecule has 2 heterocycles. The Labute approximate surface area is 142 Å². The first-order valence-corrected chi connectivity index (χ1v) is 8.55. The van der Waals surface area contributed by atoms with Gasteiger partial charge in [0, 0.05) is 18.7 Å². The summed E-state index contributed by atoms with van der Waals surface area (Å²) in [7, 11) is 0. The SMILES string of the molecule is CC(C)(O)CC1CCN(C(=O)c2cc(-c3ccccc3)n[nH]2)CC1. The molecule has 1 fully saturated rings. The van der Waals surface area contributed by atoms with Crippen LogP contribution in [0.4, 0.5) is 0 Å². The van der Waals surface area contributed by atoms with E-state index in [1.807, 2.05) is 55.1 Å². The quantitative estimate of drug-likeness (QED) is 0.906. The smallest absolute Gasteiger partial charge is 0.271 e. The maximum absolute atomic E-state index is 12.6. The van der Waals surface area contributed by atoms with E-state index in [0.29, 0.717) is 11.6 Å². The number of aromatic amines is 1. The average Bonchev–Trinajstić information content (AvgIpc) is 3.04. The van der Waals surface area contributed by atoms with Crippen LogP contribution in [0.3, 0.4) is 0 Å². The highest BCUT2D eigenvalue weighted by Gasteiger charge is 2.28. The molecule has 2 N–H and O–H groups in total. The summed E-state index contributed by atoms with van der Waals surface area (Å²) in [6.45, 7) is 5.17. The van der Waals surface area contributed by atoms with Crippen LogP contribution in [0.25, 0.3) is 11.3 Å². The summed E-state index contributed by atoms with van der Waals surface area (Å²) in [5.41, 5.74) is 1.69. The van der Waals surface area contributed by atoms with Crippen LogP contribution in [0.2, 0.25) is 0 Å². The molecule has 24 heavy (non-hydrogen) atoms. The highest BCUT2D eigenvalue weighted by atomic mass is 16.3. The van der Waals surface area contributed by atoms with Crippen molar-refractivity contribution in [3.63, 3.8) is 0 Å². The number of aromatic nitrogens is 2. The predicted octanol–water partition coefficient (Wildman–Crippen LogP) is 3.09. The van der Waals surface area contributed by atoms with Gasteiger partial charge in [0.05, 0.1) is 11.3 Å². The van der Waals surface area contributed by atoms with Crippen LogP contribution in [-0.2, 0) is 0 Å². The lowest BCUT2D eigenvalue weighted by Gasteiger charge is -2.34. The standard InChI is InChI=1S/C19H25N3O2/c1-19(2,24)13-14-8-10-22(11-9-14)18(23)17-12-16(20-21-17)15-6-4-3-5-7-15/h3-7,12,14,24H,8-11,13H2,1-2H3,(H,20,21). The fraction of sp³-hybridized carbons (Fsp3) is 0.474. The zero-order valence-corrected chi connectivity index (χ0v) is 14.3. The summed E-state index contributed by atoms with van der Waals surface area (Å²) in [5, 5.41) is 17.1. The van der Waals surface area contributed by atoms with E-state index in [-0.39, 0.29) is 5.91 Å². The fourth-order valence-electron chi connectivity index (χ4n) is 3.41. The third-order valence-electron chi connectivity index (χ3n) is 4.57. The summed E-state index contributed by atoms with van der Waals surface area (Å²) in [4.78, 5) is 14.5. The van der Waals surface area contributed by atoms with E-state index < -0.39 is 5.60 Å². The minimum absolute atomic E-state index is 0.00592. The van der Waals surface area contributed by atoms with Gasteiger partial charge in [-0.1, -0.05) is 30.3 Å². The van der Waals surface area contributed by atoms with E-state index in [0.717, 1.165) is 43.6 Å². The molecule has 0 bridgehead atoms. The number of hydrogen-bond acceptors (Lipinski definition) is 3. The van der Waals surface area contributed by atoms with Gasteiger partial charge in [-0.3, -0.25) is 9.89 Å². The van der Waals surface area contributed by atoms with E-state index in [1.54, 1.807) is 0 Å². The van der Waals surface area contributed by atoms with Crippen molar-refractivity contribution in [2.24, 2.45) is 5.92 Å². The highest BCUT2D eigenvalue weighted by molar-refractivity contribution is 5.93. The van der Waals surface area contributed by atoms with Crippen molar-refractivity contribution in [1.29, 1.82) is 0 Å². The minimum atomic E-state index is -0.634. The lowest BCUT2D eigenvalue weighted by molar-refractivity contribution is 0.0357. The third-order valence-corrected chi connectivity index (χ3v) is 4.57. The molecule has 2 aromatic rings. The molecule has 1 aromatic carbocycles. The predicted molar refractivity (Wildman–Crippen MR) is 93.6 cm³/mol. The number of carbonyl (C=O) groups is 1. The van der Waals surface area contributed by atoms with Gasteiger partial charge in [-0.05, 0) is 45.1 Å². The van der Waals surface area contributed by atoms with Gasteiger partial charge in [0.15, 0.2) is 0 Å². The fourth-order valence-corrected chi connectivity index (χ4v) is 3.41. The maximum Gasteiger partial charge on any atom is 0.271 e. The number of benzene rings is 1. The second-order valence-corrected chi connectivity index (χ2v) is 7.29. The number of hydrogen-bond donors (Lipinski definition) is 2. The molecule has 1 aliphatic rings. The topological polar surface area (TPSA) is 69.2 Å². The molecule has 0 saturated carbocycles. The first kappa shape index (κ1) is 16.7. The van der Waals surface area contributed by atoms with Crippen molar-refractivity contribution in [3.05, 3.63) is 42.1 Å². The third kappa shape index (κ3) is 4.03. The second-order valence-electron chi connectivity index (χ2n) is 7.29. The average molecular weight is 327 g/mol. The van der Waals surface area contributed by atoms with Crippen LogP contribution in [-0.4, -0.2) is 44.8 Å². The Kier molecular flexibility index (Phi) is 4.71. The van der Waals surface area contributed by atoms with Gasteiger partial charge in [0.2, 0.25) is 0 Å². The van der Waals surface area contributed by atoms with Crippen molar-refractivity contribution in [3.8, 4) is 11.3 Å². The number of H-pyrrole nitrogens is 1. The summed E-state index contributed by atoms with van der Waals surface area (Å²) < 4.78 is 0. The van der Waals surface area contributed by atoms with E-state index >= 15 is 0 Å². The first-order chi connectivity index (χ1) is 11.4. The number of nitrogens with zero attached hydrogens (tertiary/aromatic N) is 2. The van der Waals surface area contributed by atoms with Crippen molar-refractivity contribution in [1.82, 2.24) is 15.1 Å². The molecular weight excluding hydrogens is 302 g/mol. The molecule has 1 aromatic heterocycles. The summed E-state index contributed by atoms with van der Waals surface area (Å²) >= 11 is 0. The Morgan fingerprint density at radius 1 is 1.29 bits per heavy atom. The van der Waals surface area contributed by atoms with Crippen LogP contribution in [0.5, 0.6) is 0 Å². The van der Waals surface area contributed by atoms with Gasteiger partial charge in [-0.25, -0.2) is 0 Å². The summed E-state index contributed by atoms with van der Waals surface area (Å²) in [5.74, 6) is 0.488. The zero-order valence-electron chi connectivity index (χ0n) is 14.3. The van der Waals surface area contributed by atoms with Gasteiger partial charge in [0.1, 0.15) is 5.69 Å². The Hall–Kier alpha value is -2.14. The number of likely N-dealkylation sites (tertiary alicyclic amines) is 1. The molecule has 0 aliphatic carbocycles. The number of carbonyl (C=O) groups excluding carboxylic acids is 1. The lowest BCUT2D eigenvalue weighted by atomic mass is 9.86. The Bertz CT molecular complexity index is 680. The summed E-state index contributed by atoms with van der Waals surface area (Å²) in [6, 6.07) is 11.7. The largest absolute Gasteiger partial charge is 0.390 e. The number of nitrogens with one attached hydrogen (secondary N) is 1. The van der Waals surface area contributed by atoms with Gasteiger partial charge in [-0.15, -0.1) is 0 Å². The number of piperidine rings is 1. The molecule has 1 amide bonds. The zero-order chi connectivity index (χ0) is 17.2. The van der Waals surface area contributed by atoms with E-state index in [9.17, 15) is 9.90 Å². The minimum Gasteiger partial charge on any atom is -0.390 e. The number of aliphatic hydroxyl groups is 1. The van der Waals surface area contributed by atoms with Crippen molar-refractivity contribution >= 4 is 5.91 Å². The molecular formula is C19H25N3O2. The molecule has 3 rings (SSSR count). The first-order valence-electron chi connectivity index (χ1n) is 8.55. The van der Waals surface area contributed by atoms with Crippen LogP contribution in [0.15, 0.2) is 36.4 Å². The van der Waals surface area contributed by atoms with Crippen molar-refractivity contribution in [2.45, 2.75) is 38.7 Å². The van der Waals surface area contributed by atoms with Crippen LogP contribution in [0, 0.1) is 5.92 Å². The van der Waals surface area contributed by atoms with Gasteiger partial charge in [0.25, 0.3) is 5.91 Å². The van der Waals surface area contributed by atoms with Crippen LogP contribution < -0.4 is 0 Å². The molecule has 1 saturated heterocycles. The molecule has 5 heteroatoms. The second kappa shape index (κ2) is 6.77. The molecule has 0 atom stereocenters. The molecule has 1 aliphatic heterocycles. The van der Waals surface area contributed by atoms with Crippen LogP contribution >= 0.6 is 0 Å². The van der Waals surface area contributed by atoms with Gasteiger partial charge < -0.3 is 10.0 Å². The van der Waals surface area contributed by atoms with Crippen LogP contribution in [0.1, 0.15) is 43.6 Å². The number of amides is 1. The van der Waals surface area contributed by atoms with Crippen molar-refractivity contribution in [2.75, 3.05) is 13.1 Å². The lowest BCUT2D eigenvalue weighted by Crippen LogP contribution is -2.40. The number of rotatable bonds is 4.